The standard InChI is InChI=1S/C20H24N2O3S/c1-14(23)18-9-10-19(26-18)20(24)21-13-17(22-11-3-4-12-22)15-5-7-16(25-2)8-6-15/h5-10,17H,3-4,11-13H2,1-2H3,(H,21,24). The number of ketones is 1. The number of likely N-dealkylation sites (tertiary alicyclic amines) is 1. The molecule has 1 unspecified atom stereocenters. The highest BCUT2D eigenvalue weighted by molar-refractivity contribution is 7.15. The smallest absolute Gasteiger partial charge is 0.261 e. The van der Waals surface area contributed by atoms with Gasteiger partial charge in [0, 0.05) is 6.54 Å². The Kier molecular flexibility index (Phi) is 6.06. The summed E-state index contributed by atoms with van der Waals surface area (Å²) < 4.78 is 5.24. The molecular weight excluding hydrogens is 348 g/mol. The molecule has 0 aliphatic carbocycles. The van der Waals surface area contributed by atoms with Gasteiger partial charge in [-0.1, -0.05) is 12.1 Å². The third-order valence-corrected chi connectivity index (χ3v) is 5.90. The lowest BCUT2D eigenvalue weighted by Gasteiger charge is -2.28. The van der Waals surface area contributed by atoms with E-state index in [0.717, 1.165) is 18.8 Å². The maximum absolute atomic E-state index is 12.5. The fourth-order valence-corrected chi connectivity index (χ4v) is 4.08. The van der Waals surface area contributed by atoms with Crippen LogP contribution in [0, 0.1) is 0 Å². The second-order valence-electron chi connectivity index (χ2n) is 6.46. The van der Waals surface area contributed by atoms with Gasteiger partial charge >= 0.3 is 0 Å². The summed E-state index contributed by atoms with van der Waals surface area (Å²) in [6, 6.07) is 11.6. The van der Waals surface area contributed by atoms with Gasteiger partial charge in [-0.05, 0) is 62.7 Å². The van der Waals surface area contributed by atoms with Gasteiger partial charge in [-0.3, -0.25) is 14.5 Å². The van der Waals surface area contributed by atoms with E-state index in [1.165, 1.54) is 36.7 Å². The summed E-state index contributed by atoms with van der Waals surface area (Å²) in [6.07, 6.45) is 2.38. The number of nitrogens with zero attached hydrogens (tertiary/aromatic N) is 1. The molecule has 1 aliphatic rings. The third-order valence-electron chi connectivity index (χ3n) is 4.71. The van der Waals surface area contributed by atoms with E-state index in [9.17, 15) is 9.59 Å². The minimum atomic E-state index is -0.125. The summed E-state index contributed by atoms with van der Waals surface area (Å²) in [4.78, 5) is 27.5. The van der Waals surface area contributed by atoms with Crippen molar-refractivity contribution < 1.29 is 14.3 Å². The van der Waals surface area contributed by atoms with Crippen LogP contribution < -0.4 is 10.1 Å². The molecule has 5 nitrogen and oxygen atoms in total. The second kappa shape index (κ2) is 8.47. The highest BCUT2D eigenvalue weighted by Gasteiger charge is 2.24. The van der Waals surface area contributed by atoms with Crippen LogP contribution in [0.15, 0.2) is 36.4 Å². The van der Waals surface area contributed by atoms with E-state index in [0.29, 0.717) is 16.3 Å². The van der Waals surface area contributed by atoms with Crippen LogP contribution in [0.25, 0.3) is 0 Å². The Labute approximate surface area is 158 Å². The number of amides is 1. The van der Waals surface area contributed by atoms with Crippen molar-refractivity contribution in [1.29, 1.82) is 0 Å². The SMILES string of the molecule is COc1ccc(C(CNC(=O)c2ccc(C(C)=O)s2)N2CCCC2)cc1. The molecule has 0 bridgehead atoms. The highest BCUT2D eigenvalue weighted by Crippen LogP contribution is 2.26. The summed E-state index contributed by atoms with van der Waals surface area (Å²) in [5.74, 6) is 0.690. The van der Waals surface area contributed by atoms with Gasteiger partial charge in [-0.2, -0.15) is 0 Å². The van der Waals surface area contributed by atoms with Gasteiger partial charge in [0.05, 0.1) is 22.9 Å². The molecule has 1 atom stereocenters. The minimum Gasteiger partial charge on any atom is -0.497 e. The first-order valence-electron chi connectivity index (χ1n) is 8.85. The molecule has 1 N–H and O–H groups in total. The normalized spacial score (nSPS) is 15.6. The van der Waals surface area contributed by atoms with Crippen molar-refractivity contribution in [2.75, 3.05) is 26.7 Å². The fraction of sp³-hybridized carbons (Fsp3) is 0.400. The number of carbonyl (C=O) groups is 2. The fourth-order valence-electron chi connectivity index (χ4n) is 3.26. The monoisotopic (exact) mass is 372 g/mol. The molecule has 0 saturated carbocycles. The molecule has 2 heterocycles. The lowest BCUT2D eigenvalue weighted by atomic mass is 10.1. The molecule has 0 radical (unpaired) electrons. The van der Waals surface area contributed by atoms with E-state index in [1.54, 1.807) is 19.2 Å². The maximum Gasteiger partial charge on any atom is 0.261 e. The molecule has 2 aromatic rings. The van der Waals surface area contributed by atoms with Gasteiger partial charge < -0.3 is 10.1 Å². The summed E-state index contributed by atoms with van der Waals surface area (Å²) in [5, 5.41) is 3.04. The summed E-state index contributed by atoms with van der Waals surface area (Å²) in [5.41, 5.74) is 1.17. The number of hydrogen-bond donors (Lipinski definition) is 1. The van der Waals surface area contributed by atoms with Crippen LogP contribution in [-0.4, -0.2) is 43.3 Å². The van der Waals surface area contributed by atoms with Crippen molar-refractivity contribution in [3.05, 3.63) is 51.7 Å². The summed E-state index contributed by atoms with van der Waals surface area (Å²) >= 11 is 1.24. The lowest BCUT2D eigenvalue weighted by Crippen LogP contribution is -2.36. The van der Waals surface area contributed by atoms with Crippen LogP contribution in [0.1, 0.15) is 50.7 Å². The Balaban J connectivity index is 1.70. The molecule has 6 heteroatoms. The molecule has 0 spiro atoms. The molecule has 1 amide bonds. The van der Waals surface area contributed by atoms with Crippen molar-refractivity contribution in [2.24, 2.45) is 0 Å². The van der Waals surface area contributed by atoms with Crippen LogP contribution in [-0.2, 0) is 0 Å². The van der Waals surface area contributed by atoms with Gasteiger partial charge in [0.25, 0.3) is 5.91 Å². The number of carbonyl (C=O) groups excluding carboxylic acids is 2. The van der Waals surface area contributed by atoms with E-state index in [2.05, 4.69) is 22.3 Å². The maximum atomic E-state index is 12.5. The number of hydrogen-bond acceptors (Lipinski definition) is 5. The largest absolute Gasteiger partial charge is 0.497 e. The van der Waals surface area contributed by atoms with Crippen LogP contribution in [0.3, 0.4) is 0 Å². The Hall–Kier alpha value is -2.18. The third kappa shape index (κ3) is 4.31. The van der Waals surface area contributed by atoms with E-state index >= 15 is 0 Å². The van der Waals surface area contributed by atoms with E-state index < -0.39 is 0 Å². The molecule has 3 rings (SSSR count). The zero-order chi connectivity index (χ0) is 18.5. The van der Waals surface area contributed by atoms with Gasteiger partial charge in [-0.15, -0.1) is 11.3 Å². The topological polar surface area (TPSA) is 58.6 Å². The number of Topliss-reactive ketones (excluding diaryl/α,β-unsaturated/α-hetero) is 1. The number of rotatable bonds is 7. The number of nitrogens with one attached hydrogen (secondary N) is 1. The first kappa shape index (κ1) is 18.6. The minimum absolute atomic E-state index is 0.0118. The molecule has 26 heavy (non-hydrogen) atoms. The number of benzene rings is 1. The number of methoxy groups -OCH3 is 1. The van der Waals surface area contributed by atoms with Crippen molar-refractivity contribution in [3.8, 4) is 5.75 Å². The molecule has 1 fully saturated rings. The van der Waals surface area contributed by atoms with Gasteiger partial charge in [0.15, 0.2) is 5.78 Å². The summed E-state index contributed by atoms with van der Waals surface area (Å²) in [7, 11) is 1.66. The Morgan fingerprint density at radius 3 is 2.35 bits per heavy atom. The highest BCUT2D eigenvalue weighted by atomic mass is 32.1. The van der Waals surface area contributed by atoms with Crippen LogP contribution in [0.4, 0.5) is 0 Å². The van der Waals surface area contributed by atoms with Gasteiger partial charge in [-0.25, -0.2) is 0 Å². The average molecular weight is 372 g/mol. The Morgan fingerprint density at radius 1 is 1.12 bits per heavy atom. The Bertz CT molecular complexity index is 764. The molecule has 1 aliphatic heterocycles. The number of thiophene rings is 1. The first-order chi connectivity index (χ1) is 12.6. The van der Waals surface area contributed by atoms with Crippen molar-refractivity contribution in [1.82, 2.24) is 10.2 Å². The van der Waals surface area contributed by atoms with E-state index in [4.69, 9.17) is 4.74 Å². The van der Waals surface area contributed by atoms with Crippen molar-refractivity contribution in [3.63, 3.8) is 0 Å². The Morgan fingerprint density at radius 2 is 1.77 bits per heavy atom. The molecule has 1 aromatic heterocycles. The molecule has 1 saturated heterocycles. The molecule has 138 valence electrons. The molecular formula is C20H24N2O3S. The van der Waals surface area contributed by atoms with Crippen LogP contribution in [0.2, 0.25) is 0 Å². The summed E-state index contributed by atoms with van der Waals surface area (Å²) in [6.45, 7) is 4.14. The second-order valence-corrected chi connectivity index (χ2v) is 7.55. The zero-order valence-electron chi connectivity index (χ0n) is 15.2. The first-order valence-corrected chi connectivity index (χ1v) is 9.67. The molecule has 1 aromatic carbocycles. The predicted molar refractivity (Wildman–Crippen MR) is 103 cm³/mol. The zero-order valence-corrected chi connectivity index (χ0v) is 16.0. The van der Waals surface area contributed by atoms with Gasteiger partial charge in [0.2, 0.25) is 0 Å². The van der Waals surface area contributed by atoms with Crippen LogP contribution >= 0.6 is 11.3 Å². The van der Waals surface area contributed by atoms with Gasteiger partial charge in [0.1, 0.15) is 5.75 Å². The predicted octanol–water partition coefficient (Wildman–Crippen LogP) is 3.53. The van der Waals surface area contributed by atoms with E-state index in [-0.39, 0.29) is 17.7 Å². The van der Waals surface area contributed by atoms with Crippen molar-refractivity contribution in [2.45, 2.75) is 25.8 Å². The van der Waals surface area contributed by atoms with Crippen molar-refractivity contribution >= 4 is 23.0 Å². The van der Waals surface area contributed by atoms with Crippen LogP contribution in [0.5, 0.6) is 5.75 Å². The lowest BCUT2D eigenvalue weighted by molar-refractivity contribution is 0.0941. The van der Waals surface area contributed by atoms with E-state index in [1.807, 2.05) is 12.1 Å². The quantitative estimate of drug-likeness (QED) is 0.756. The number of ether oxygens (including phenoxy) is 1. The average Bonchev–Trinajstić information content (AvgIpc) is 3.34.